The number of hydrogen-bond acceptors (Lipinski definition) is 3. The van der Waals surface area contributed by atoms with Gasteiger partial charge in [0.2, 0.25) is 0 Å². The smallest absolute Gasteiger partial charge is 0.321 e. The highest BCUT2D eigenvalue weighted by molar-refractivity contribution is 9.10. The molecule has 0 aliphatic rings. The number of halogens is 3. The van der Waals surface area contributed by atoms with E-state index in [1.807, 2.05) is 38.1 Å². The summed E-state index contributed by atoms with van der Waals surface area (Å²) in [5.41, 5.74) is -0.630. The van der Waals surface area contributed by atoms with E-state index >= 15 is 0 Å². The number of benzene rings is 2. The third-order valence-corrected chi connectivity index (χ3v) is 9.19. The fourth-order valence-corrected chi connectivity index (χ4v) is 6.89. The van der Waals surface area contributed by atoms with Crippen molar-refractivity contribution in [1.29, 1.82) is 0 Å². The van der Waals surface area contributed by atoms with Gasteiger partial charge in [-0.25, -0.2) is 8.78 Å². The minimum Gasteiger partial charge on any atom is -0.321 e. The average molecular weight is 515 g/mol. The second-order valence-corrected chi connectivity index (χ2v) is 11.4. The Bertz CT molecular complexity index is 1170. The predicted molar refractivity (Wildman–Crippen MR) is 124 cm³/mol. The van der Waals surface area contributed by atoms with Crippen molar-refractivity contribution in [2.24, 2.45) is 5.92 Å². The summed E-state index contributed by atoms with van der Waals surface area (Å²) in [5, 5.41) is 0.909. The summed E-state index contributed by atoms with van der Waals surface area (Å²) >= 11 is 4.87. The molecule has 0 bridgehead atoms. The van der Waals surface area contributed by atoms with Crippen LogP contribution in [0.15, 0.2) is 46.9 Å². The number of hydrogen-bond donors (Lipinski definition) is 1. The van der Waals surface area contributed by atoms with Gasteiger partial charge in [0.1, 0.15) is 0 Å². The highest BCUT2D eigenvalue weighted by atomic mass is 79.9. The zero-order valence-corrected chi connectivity index (χ0v) is 20.2. The van der Waals surface area contributed by atoms with E-state index in [2.05, 4.69) is 15.9 Å². The van der Waals surface area contributed by atoms with Gasteiger partial charge >= 0.3 is 7.60 Å². The third kappa shape index (κ3) is 4.76. The minimum atomic E-state index is -4.35. The Hall–Kier alpha value is -1.37. The van der Waals surface area contributed by atoms with E-state index in [4.69, 9.17) is 4.52 Å². The van der Waals surface area contributed by atoms with Crippen LogP contribution in [-0.2, 0) is 9.09 Å². The topological polar surface area (TPSA) is 46.5 Å². The van der Waals surface area contributed by atoms with Gasteiger partial charge in [0.05, 0.1) is 15.8 Å². The van der Waals surface area contributed by atoms with Gasteiger partial charge in [-0.1, -0.05) is 38.1 Å². The second kappa shape index (κ2) is 8.64. The van der Waals surface area contributed by atoms with Crippen LogP contribution in [0, 0.1) is 17.6 Å². The zero-order chi connectivity index (χ0) is 22.3. The molecule has 0 amide bonds. The molecule has 8 heteroatoms. The van der Waals surface area contributed by atoms with Crippen molar-refractivity contribution in [3.63, 3.8) is 0 Å². The fourth-order valence-electron chi connectivity index (χ4n) is 2.69. The molecule has 0 aliphatic heterocycles. The Balaban J connectivity index is 2.22. The maximum absolute atomic E-state index is 13.8. The van der Waals surface area contributed by atoms with E-state index in [-0.39, 0.29) is 16.8 Å². The Morgan fingerprint density at radius 2 is 1.87 bits per heavy atom. The highest BCUT2D eigenvalue weighted by Gasteiger charge is 2.38. The first kappa shape index (κ1) is 23.3. The van der Waals surface area contributed by atoms with Crippen molar-refractivity contribution in [2.75, 3.05) is 0 Å². The Morgan fingerprint density at radius 3 is 2.47 bits per heavy atom. The minimum absolute atomic E-state index is 0.0234. The summed E-state index contributed by atoms with van der Waals surface area (Å²) < 4.78 is 48.0. The number of rotatable bonds is 6. The molecule has 0 spiro atoms. The lowest BCUT2D eigenvalue weighted by molar-refractivity contribution is 0.0515. The summed E-state index contributed by atoms with van der Waals surface area (Å²) in [5.74, 6) is -2.05. The molecule has 1 heterocycles. The molecule has 3 nitrogen and oxygen atoms in total. The van der Waals surface area contributed by atoms with Gasteiger partial charge in [0.15, 0.2) is 11.6 Å². The van der Waals surface area contributed by atoms with Crippen molar-refractivity contribution in [1.82, 2.24) is 0 Å². The van der Waals surface area contributed by atoms with Gasteiger partial charge < -0.3 is 4.89 Å². The van der Waals surface area contributed by atoms with Crippen LogP contribution in [0.3, 0.4) is 0 Å². The molecule has 1 unspecified atom stereocenters. The van der Waals surface area contributed by atoms with Gasteiger partial charge in [0, 0.05) is 14.6 Å². The quantitative estimate of drug-likeness (QED) is 0.338. The first-order valence-corrected chi connectivity index (χ1v) is 12.5. The Kier molecular flexibility index (Phi) is 6.71. The molecule has 0 saturated heterocycles. The monoisotopic (exact) mass is 514 g/mol. The maximum Gasteiger partial charge on any atom is 0.360 e. The first-order chi connectivity index (χ1) is 13.9. The standard InChI is InChI=1S/C22H22BrF2O3PS/c1-13(2)22(3,4)28-29(26,27)18(12-14-9-10-16(24)17(25)11-14)21-20(23)15-7-5-6-8-19(15)30-21/h5-13H,1-4H3,(H,26,27). The molecular formula is C22H22BrF2O3PS. The van der Waals surface area contributed by atoms with Crippen LogP contribution in [0.25, 0.3) is 21.5 Å². The van der Waals surface area contributed by atoms with Gasteiger partial charge in [-0.2, -0.15) is 0 Å². The van der Waals surface area contributed by atoms with Crippen molar-refractivity contribution >= 4 is 56.3 Å². The summed E-state index contributed by atoms with van der Waals surface area (Å²) in [7, 11) is -4.35. The molecule has 160 valence electrons. The van der Waals surface area contributed by atoms with Crippen LogP contribution in [0.4, 0.5) is 8.78 Å². The molecule has 1 atom stereocenters. The zero-order valence-electron chi connectivity index (χ0n) is 16.9. The van der Waals surface area contributed by atoms with Crippen molar-refractivity contribution < 1.29 is 22.8 Å². The van der Waals surface area contributed by atoms with Crippen LogP contribution in [0.1, 0.15) is 38.1 Å². The predicted octanol–water partition coefficient (Wildman–Crippen LogP) is 8.08. The van der Waals surface area contributed by atoms with E-state index in [0.29, 0.717) is 9.35 Å². The molecule has 3 rings (SSSR count). The van der Waals surface area contributed by atoms with Gasteiger partial charge in [-0.05, 0) is 65.5 Å². The lowest BCUT2D eigenvalue weighted by Crippen LogP contribution is -2.29. The van der Waals surface area contributed by atoms with Gasteiger partial charge in [0.25, 0.3) is 0 Å². The Labute approximate surface area is 187 Å². The van der Waals surface area contributed by atoms with Crippen LogP contribution in [0.5, 0.6) is 0 Å². The molecule has 0 radical (unpaired) electrons. The van der Waals surface area contributed by atoms with E-state index in [1.165, 1.54) is 23.5 Å². The first-order valence-electron chi connectivity index (χ1n) is 9.30. The van der Waals surface area contributed by atoms with Crippen molar-refractivity contribution in [3.8, 4) is 0 Å². The van der Waals surface area contributed by atoms with Crippen LogP contribution in [0.2, 0.25) is 0 Å². The van der Waals surface area contributed by atoms with Crippen LogP contribution < -0.4 is 0 Å². The fraction of sp³-hybridized carbons (Fsp3) is 0.273. The summed E-state index contributed by atoms with van der Waals surface area (Å²) in [6.45, 7) is 7.29. The van der Waals surface area contributed by atoms with Crippen molar-refractivity contribution in [3.05, 3.63) is 69.0 Å². The lowest BCUT2D eigenvalue weighted by Gasteiger charge is -2.32. The number of thiophene rings is 1. The van der Waals surface area contributed by atoms with Crippen molar-refractivity contribution in [2.45, 2.75) is 33.3 Å². The maximum atomic E-state index is 13.8. The molecular weight excluding hydrogens is 493 g/mol. The normalized spacial score (nSPS) is 15.0. The van der Waals surface area contributed by atoms with Gasteiger partial charge in [-0.15, -0.1) is 11.3 Å². The molecule has 3 aromatic rings. The SMILES string of the molecule is CC(C)C(C)(C)OP(=O)(O)C(=Cc1ccc(F)c(F)c1)c1sc2ccccc2c1Br. The highest BCUT2D eigenvalue weighted by Crippen LogP contribution is 2.62. The summed E-state index contributed by atoms with van der Waals surface area (Å²) in [4.78, 5) is 11.5. The lowest BCUT2D eigenvalue weighted by atomic mass is 9.95. The van der Waals surface area contributed by atoms with E-state index in [9.17, 15) is 18.2 Å². The van der Waals surface area contributed by atoms with Gasteiger partial charge in [-0.3, -0.25) is 9.09 Å². The largest absolute Gasteiger partial charge is 0.360 e. The summed E-state index contributed by atoms with van der Waals surface area (Å²) in [6.07, 6.45) is 1.38. The van der Waals surface area contributed by atoms with Crippen LogP contribution in [-0.4, -0.2) is 10.5 Å². The molecule has 1 aromatic heterocycles. The molecule has 2 aromatic carbocycles. The third-order valence-electron chi connectivity index (χ3n) is 5.07. The van der Waals surface area contributed by atoms with E-state index < -0.39 is 24.8 Å². The average Bonchev–Trinajstić information content (AvgIpc) is 2.98. The molecule has 0 aliphatic carbocycles. The second-order valence-electron chi connectivity index (χ2n) is 7.81. The Morgan fingerprint density at radius 1 is 1.20 bits per heavy atom. The van der Waals surface area contributed by atoms with E-state index in [0.717, 1.165) is 22.2 Å². The molecule has 30 heavy (non-hydrogen) atoms. The van der Waals surface area contributed by atoms with E-state index in [1.54, 1.807) is 13.8 Å². The van der Waals surface area contributed by atoms with Crippen LogP contribution >= 0.6 is 34.9 Å². The molecule has 0 saturated carbocycles. The molecule has 1 N–H and O–H groups in total. The summed E-state index contributed by atoms with van der Waals surface area (Å²) in [6, 6.07) is 10.9. The number of fused-ring (bicyclic) bond motifs is 1. The molecule has 0 fully saturated rings.